The normalized spacial score (nSPS) is 22.3. The van der Waals surface area contributed by atoms with E-state index in [1.54, 1.807) is 60.8 Å². The maximum absolute atomic E-state index is 13.8. The Morgan fingerprint density at radius 3 is 2.63 bits per heavy atom. The lowest BCUT2D eigenvalue weighted by Crippen LogP contribution is -2.58. The molecular weight excluding hydrogens is 496 g/mol. The van der Waals surface area contributed by atoms with Crippen molar-refractivity contribution in [3.8, 4) is 17.0 Å². The Hall–Kier alpha value is -4.35. The van der Waals surface area contributed by atoms with Crippen LogP contribution in [-0.2, 0) is 7.05 Å². The molecule has 2 saturated carbocycles. The van der Waals surface area contributed by atoms with Gasteiger partial charge in [0.15, 0.2) is 11.5 Å². The van der Waals surface area contributed by atoms with Crippen molar-refractivity contribution in [3.05, 3.63) is 66.1 Å². The molecule has 3 N–H and O–H groups in total. The van der Waals surface area contributed by atoms with Crippen LogP contribution in [-0.4, -0.2) is 48.1 Å². The molecule has 0 unspecified atom stereocenters. The molecule has 10 nitrogen and oxygen atoms in total. The summed E-state index contributed by atoms with van der Waals surface area (Å²) in [6, 6.07) is 6.51. The zero-order valence-corrected chi connectivity index (χ0v) is 20.5. The Balaban J connectivity index is 1.11. The van der Waals surface area contributed by atoms with E-state index in [4.69, 9.17) is 10.5 Å². The summed E-state index contributed by atoms with van der Waals surface area (Å²) < 4.78 is 36.4. The van der Waals surface area contributed by atoms with Crippen molar-refractivity contribution < 1.29 is 23.1 Å². The van der Waals surface area contributed by atoms with Crippen LogP contribution < -0.4 is 15.8 Å². The van der Waals surface area contributed by atoms with Gasteiger partial charge in [0, 0.05) is 42.8 Å². The first-order chi connectivity index (χ1) is 18.2. The molecule has 4 aromatic heterocycles. The summed E-state index contributed by atoms with van der Waals surface area (Å²) in [5, 5.41) is 7.07. The van der Waals surface area contributed by atoms with Gasteiger partial charge in [-0.15, -0.1) is 0 Å². The number of nitrogens with one attached hydrogen (secondary N) is 1. The molecule has 196 valence electrons. The van der Waals surface area contributed by atoms with Crippen LogP contribution in [0, 0.1) is 5.41 Å². The summed E-state index contributed by atoms with van der Waals surface area (Å²) in [5.41, 5.74) is 7.43. The predicted molar refractivity (Wildman–Crippen MR) is 132 cm³/mol. The summed E-state index contributed by atoms with van der Waals surface area (Å²) in [6.45, 7) is 0. The Bertz CT molecular complexity index is 1550. The van der Waals surface area contributed by atoms with E-state index >= 15 is 0 Å². The number of imidazole rings is 1. The molecule has 38 heavy (non-hydrogen) atoms. The molecule has 4 heterocycles. The van der Waals surface area contributed by atoms with Crippen LogP contribution in [0.1, 0.15) is 58.8 Å². The van der Waals surface area contributed by atoms with Gasteiger partial charge >= 0.3 is 0 Å². The highest BCUT2D eigenvalue weighted by Gasteiger charge is 2.54. The molecule has 6 rings (SSSR count). The molecule has 2 fully saturated rings. The lowest BCUT2D eigenvalue weighted by molar-refractivity contribution is -0.0848. The Kier molecular flexibility index (Phi) is 5.62. The number of carbonyl (C=O) groups is 2. The number of aromatic nitrogens is 5. The molecule has 12 heteroatoms. The third kappa shape index (κ3) is 4.15. The molecule has 2 amide bonds. The minimum atomic E-state index is -2.85. The maximum Gasteiger partial charge on any atom is 0.295 e. The van der Waals surface area contributed by atoms with Crippen molar-refractivity contribution in [2.24, 2.45) is 18.2 Å². The second-order valence-electron chi connectivity index (χ2n) is 10.1. The average molecular weight is 522 g/mol. The number of halogens is 2. The fraction of sp³-hybridized carbons (Fsp3) is 0.346. The fourth-order valence-electron chi connectivity index (χ4n) is 5.67. The van der Waals surface area contributed by atoms with Gasteiger partial charge in [0.1, 0.15) is 11.7 Å². The molecule has 0 atom stereocenters. The minimum absolute atomic E-state index is 0.0251. The van der Waals surface area contributed by atoms with Crippen molar-refractivity contribution in [1.82, 2.24) is 29.5 Å². The maximum atomic E-state index is 13.8. The second kappa shape index (κ2) is 8.89. The lowest BCUT2D eigenvalue weighted by atomic mass is 9.53. The number of carbonyl (C=O) groups excluding carboxylic acids is 2. The number of hydrogen-bond acceptors (Lipinski definition) is 6. The smallest absolute Gasteiger partial charge is 0.295 e. The van der Waals surface area contributed by atoms with E-state index in [-0.39, 0.29) is 34.7 Å². The Morgan fingerprint density at radius 1 is 1.16 bits per heavy atom. The van der Waals surface area contributed by atoms with E-state index in [1.165, 1.54) is 4.40 Å². The van der Waals surface area contributed by atoms with Crippen molar-refractivity contribution in [2.75, 3.05) is 0 Å². The van der Waals surface area contributed by atoms with Crippen molar-refractivity contribution >= 4 is 17.3 Å². The summed E-state index contributed by atoms with van der Waals surface area (Å²) in [6.07, 6.45) is 6.64. The van der Waals surface area contributed by atoms with E-state index in [1.807, 2.05) is 0 Å². The van der Waals surface area contributed by atoms with Crippen LogP contribution >= 0.6 is 0 Å². The number of primary amides is 1. The number of nitrogens with zero attached hydrogens (tertiary/aromatic N) is 5. The molecular formula is C26H25F2N7O3. The number of alkyl halides is 2. The molecule has 2 aliphatic rings. The van der Waals surface area contributed by atoms with E-state index in [9.17, 15) is 18.4 Å². The largest absolute Gasteiger partial charge is 0.474 e. The van der Waals surface area contributed by atoms with Gasteiger partial charge in [0.25, 0.3) is 18.2 Å². The number of nitrogens with two attached hydrogens (primary N) is 1. The van der Waals surface area contributed by atoms with Crippen LogP contribution in [0.25, 0.3) is 16.6 Å². The van der Waals surface area contributed by atoms with Crippen LogP contribution in [0.15, 0.2) is 49.1 Å². The fourth-order valence-corrected chi connectivity index (χ4v) is 5.67. The second-order valence-corrected chi connectivity index (χ2v) is 10.1. The third-order valence-electron chi connectivity index (χ3n) is 7.44. The topological polar surface area (TPSA) is 129 Å². The summed E-state index contributed by atoms with van der Waals surface area (Å²) >= 11 is 0. The van der Waals surface area contributed by atoms with Crippen LogP contribution in [0.5, 0.6) is 5.88 Å². The molecule has 0 aliphatic heterocycles. The highest BCUT2D eigenvalue weighted by atomic mass is 19.3. The Morgan fingerprint density at radius 2 is 1.95 bits per heavy atom. The molecule has 0 saturated heterocycles. The van der Waals surface area contributed by atoms with Gasteiger partial charge in [-0.25, -0.2) is 18.7 Å². The third-order valence-corrected chi connectivity index (χ3v) is 7.44. The molecule has 0 bridgehead atoms. The van der Waals surface area contributed by atoms with Crippen LogP contribution in [0.4, 0.5) is 8.78 Å². The summed E-state index contributed by atoms with van der Waals surface area (Å²) in [4.78, 5) is 32.8. The number of amides is 2. The van der Waals surface area contributed by atoms with Gasteiger partial charge in [0.05, 0.1) is 11.7 Å². The van der Waals surface area contributed by atoms with Gasteiger partial charge in [-0.2, -0.15) is 5.10 Å². The van der Waals surface area contributed by atoms with E-state index in [2.05, 4.69) is 20.4 Å². The van der Waals surface area contributed by atoms with Gasteiger partial charge in [-0.05, 0) is 49.3 Å². The first-order valence-corrected chi connectivity index (χ1v) is 12.2. The number of fused-ring (bicyclic) bond motifs is 1. The van der Waals surface area contributed by atoms with E-state index in [0.29, 0.717) is 11.1 Å². The van der Waals surface area contributed by atoms with Crippen LogP contribution in [0.3, 0.4) is 0 Å². The van der Waals surface area contributed by atoms with Crippen molar-refractivity contribution in [1.29, 1.82) is 0 Å². The molecule has 0 radical (unpaired) electrons. The minimum Gasteiger partial charge on any atom is -0.474 e. The lowest BCUT2D eigenvalue weighted by Gasteiger charge is -2.57. The molecule has 4 aromatic rings. The SMILES string of the molecule is Cn1cc(-c2ccc3c(C(=O)NC4CC5(C4)CC(Oc4ncccc4C(N)=O)C5)nc(C(F)F)n3c2)cn1. The standard InChI is InChI=1S/C26H25F2N7O3/c1-34-12-15(11-31-34)14-4-5-19-20(33-23(21(27)28)35(19)13-14)24(37)32-16-7-26(8-16)9-17(10-26)38-25-18(22(29)36)3-2-6-30-25/h2-6,11-13,16-17,21H,7-10H2,1H3,(H2,29,36)(H,32,37). The summed E-state index contributed by atoms with van der Waals surface area (Å²) in [5.74, 6) is -1.32. The van der Waals surface area contributed by atoms with Gasteiger partial charge in [-0.3, -0.25) is 18.7 Å². The zero-order chi connectivity index (χ0) is 26.6. The monoisotopic (exact) mass is 521 g/mol. The quantitative estimate of drug-likeness (QED) is 0.384. The predicted octanol–water partition coefficient (Wildman–Crippen LogP) is 3.29. The number of rotatable bonds is 7. The first-order valence-electron chi connectivity index (χ1n) is 12.2. The first kappa shape index (κ1) is 24.0. The zero-order valence-electron chi connectivity index (χ0n) is 20.5. The number of hydrogen-bond donors (Lipinski definition) is 2. The highest BCUT2D eigenvalue weighted by molar-refractivity contribution is 5.99. The number of pyridine rings is 2. The average Bonchev–Trinajstić information content (AvgIpc) is 3.45. The van der Waals surface area contributed by atoms with Crippen molar-refractivity contribution in [2.45, 2.75) is 44.3 Å². The number of ether oxygens (including phenoxy) is 1. The number of aryl methyl sites for hydroxylation is 1. The molecule has 2 aliphatic carbocycles. The van der Waals surface area contributed by atoms with Crippen molar-refractivity contribution in [3.63, 3.8) is 0 Å². The van der Waals surface area contributed by atoms with E-state index < -0.39 is 24.1 Å². The van der Waals surface area contributed by atoms with E-state index in [0.717, 1.165) is 31.2 Å². The molecule has 0 aromatic carbocycles. The van der Waals surface area contributed by atoms with Crippen LogP contribution in [0.2, 0.25) is 0 Å². The van der Waals surface area contributed by atoms with Gasteiger partial charge in [0.2, 0.25) is 5.88 Å². The molecule has 1 spiro atoms. The van der Waals surface area contributed by atoms with Gasteiger partial charge < -0.3 is 15.8 Å². The highest BCUT2D eigenvalue weighted by Crippen LogP contribution is 2.56. The Labute approximate surface area is 215 Å². The van der Waals surface area contributed by atoms with Gasteiger partial charge in [-0.1, -0.05) is 6.07 Å². The summed E-state index contributed by atoms with van der Waals surface area (Å²) in [7, 11) is 1.77.